The summed E-state index contributed by atoms with van der Waals surface area (Å²) in [6, 6.07) is 4.82. The predicted molar refractivity (Wildman–Crippen MR) is 111 cm³/mol. The van der Waals surface area contributed by atoms with Crippen LogP contribution in [0.4, 0.5) is 4.39 Å². The highest BCUT2D eigenvalue weighted by Gasteiger charge is 2.27. The van der Waals surface area contributed by atoms with Crippen molar-refractivity contribution in [2.75, 3.05) is 20.1 Å². The van der Waals surface area contributed by atoms with Crippen molar-refractivity contribution in [3.05, 3.63) is 35.1 Å². The number of aliphatic hydroxyl groups excluding tert-OH is 1. The van der Waals surface area contributed by atoms with Gasteiger partial charge in [-0.2, -0.15) is 0 Å². The van der Waals surface area contributed by atoms with Crippen molar-refractivity contribution in [2.24, 2.45) is 10.9 Å². The highest BCUT2D eigenvalue weighted by Crippen LogP contribution is 2.13. The normalized spacial score (nSPS) is 17.2. The molecule has 8 heteroatoms. The van der Waals surface area contributed by atoms with E-state index in [0.717, 1.165) is 18.5 Å². The third-order valence-corrected chi connectivity index (χ3v) is 4.30. The zero-order valence-electron chi connectivity index (χ0n) is 15.5. The largest absolute Gasteiger partial charge is 0.392 e. The average molecular weight is 478 g/mol. The highest BCUT2D eigenvalue weighted by molar-refractivity contribution is 14.0. The number of nitrogens with zero attached hydrogens (tertiary/aromatic N) is 2. The van der Waals surface area contributed by atoms with Crippen molar-refractivity contribution >= 4 is 35.8 Å². The Kier molecular flexibility index (Phi) is 9.28. The number of nitrogens with one attached hydrogen (secondary N) is 2. The number of amides is 1. The second-order valence-electron chi connectivity index (χ2n) is 6.58. The number of carbonyl (C=O) groups is 1. The minimum absolute atomic E-state index is 0. The molecular weight excluding hydrogens is 450 g/mol. The Morgan fingerprint density at radius 1 is 1.46 bits per heavy atom. The lowest BCUT2D eigenvalue weighted by Crippen LogP contribution is -2.45. The molecule has 1 saturated heterocycles. The average Bonchev–Trinajstić information content (AvgIpc) is 3.07. The van der Waals surface area contributed by atoms with E-state index in [9.17, 15) is 9.18 Å². The van der Waals surface area contributed by atoms with Crippen LogP contribution >= 0.6 is 24.0 Å². The van der Waals surface area contributed by atoms with Crippen LogP contribution in [-0.4, -0.2) is 48.1 Å². The van der Waals surface area contributed by atoms with Gasteiger partial charge in [0.1, 0.15) is 5.82 Å². The van der Waals surface area contributed by atoms with Gasteiger partial charge in [0.2, 0.25) is 5.91 Å². The van der Waals surface area contributed by atoms with E-state index in [-0.39, 0.29) is 54.0 Å². The minimum atomic E-state index is -0.408. The third-order valence-electron chi connectivity index (χ3n) is 4.30. The zero-order valence-corrected chi connectivity index (χ0v) is 17.8. The predicted octanol–water partition coefficient (Wildman–Crippen LogP) is 1.86. The lowest BCUT2D eigenvalue weighted by Gasteiger charge is -2.20. The molecule has 0 saturated carbocycles. The molecule has 3 N–H and O–H groups in total. The summed E-state index contributed by atoms with van der Waals surface area (Å²) in [5.41, 5.74) is 1.14. The van der Waals surface area contributed by atoms with Crippen LogP contribution in [-0.2, 0) is 17.9 Å². The van der Waals surface area contributed by atoms with Gasteiger partial charge in [0.05, 0.1) is 6.61 Å². The maximum Gasteiger partial charge on any atom is 0.225 e. The Morgan fingerprint density at radius 3 is 2.81 bits per heavy atom. The number of likely N-dealkylation sites (tertiary alicyclic amines) is 1. The SMILES string of the molecule is CN=C(NCc1ccc(F)c(CO)c1)NC1CCN(C(=O)C(C)C)C1.I. The molecule has 1 aromatic carbocycles. The van der Waals surface area contributed by atoms with Crippen LogP contribution in [0.1, 0.15) is 31.4 Å². The Hall–Kier alpha value is -1.42. The smallest absolute Gasteiger partial charge is 0.225 e. The molecule has 0 aromatic heterocycles. The Labute approximate surface area is 171 Å². The number of aliphatic imine (C=N–C) groups is 1. The number of benzene rings is 1. The maximum absolute atomic E-state index is 13.4. The number of aliphatic hydroxyl groups is 1. The fourth-order valence-electron chi connectivity index (χ4n) is 2.88. The first-order valence-corrected chi connectivity index (χ1v) is 8.58. The van der Waals surface area contributed by atoms with E-state index in [1.165, 1.54) is 6.07 Å². The molecule has 1 atom stereocenters. The molecular formula is C18H28FIN4O2. The van der Waals surface area contributed by atoms with Crippen LogP contribution in [0, 0.1) is 11.7 Å². The molecule has 1 fully saturated rings. The van der Waals surface area contributed by atoms with E-state index in [4.69, 9.17) is 5.11 Å². The van der Waals surface area contributed by atoms with E-state index in [1.807, 2.05) is 18.7 Å². The van der Waals surface area contributed by atoms with Gasteiger partial charge in [-0.1, -0.05) is 19.9 Å². The summed E-state index contributed by atoms with van der Waals surface area (Å²) in [6.07, 6.45) is 0.879. The number of hydrogen-bond donors (Lipinski definition) is 3. The maximum atomic E-state index is 13.4. The van der Waals surface area contributed by atoms with Gasteiger partial charge in [-0.25, -0.2) is 4.39 Å². The molecule has 0 spiro atoms. The van der Waals surface area contributed by atoms with Crippen molar-refractivity contribution < 1.29 is 14.3 Å². The lowest BCUT2D eigenvalue weighted by atomic mass is 10.1. The third kappa shape index (κ3) is 6.08. The molecule has 1 aromatic rings. The molecule has 6 nitrogen and oxygen atoms in total. The van der Waals surface area contributed by atoms with Gasteiger partial charge in [0.25, 0.3) is 0 Å². The summed E-state index contributed by atoms with van der Waals surface area (Å²) in [7, 11) is 1.69. The summed E-state index contributed by atoms with van der Waals surface area (Å²) in [4.78, 5) is 18.1. The van der Waals surface area contributed by atoms with Crippen molar-refractivity contribution in [1.29, 1.82) is 0 Å². The Bertz CT molecular complexity index is 640. The van der Waals surface area contributed by atoms with E-state index >= 15 is 0 Å². The van der Waals surface area contributed by atoms with Crippen molar-refractivity contribution in [3.63, 3.8) is 0 Å². The molecule has 1 aliphatic heterocycles. The molecule has 2 rings (SSSR count). The number of hydrogen-bond acceptors (Lipinski definition) is 3. The van der Waals surface area contributed by atoms with E-state index < -0.39 is 5.82 Å². The van der Waals surface area contributed by atoms with E-state index in [1.54, 1.807) is 19.2 Å². The van der Waals surface area contributed by atoms with Gasteiger partial charge in [-0.3, -0.25) is 9.79 Å². The summed E-state index contributed by atoms with van der Waals surface area (Å²) in [6.45, 7) is 5.38. The number of halogens is 2. The topological polar surface area (TPSA) is 77.0 Å². The molecule has 146 valence electrons. The van der Waals surface area contributed by atoms with Gasteiger partial charge >= 0.3 is 0 Å². The van der Waals surface area contributed by atoms with Crippen LogP contribution < -0.4 is 10.6 Å². The van der Waals surface area contributed by atoms with E-state index in [2.05, 4.69) is 15.6 Å². The first-order valence-electron chi connectivity index (χ1n) is 8.58. The van der Waals surface area contributed by atoms with Gasteiger partial charge in [-0.15, -0.1) is 24.0 Å². The zero-order chi connectivity index (χ0) is 18.4. The van der Waals surface area contributed by atoms with Crippen LogP contribution in [0.2, 0.25) is 0 Å². The van der Waals surface area contributed by atoms with E-state index in [0.29, 0.717) is 19.0 Å². The molecule has 26 heavy (non-hydrogen) atoms. The summed E-state index contributed by atoms with van der Waals surface area (Å²) in [5, 5.41) is 15.6. The molecule has 0 bridgehead atoms. The Balaban J connectivity index is 0.00000338. The van der Waals surface area contributed by atoms with Gasteiger partial charge in [0, 0.05) is 44.2 Å². The standard InChI is InChI=1S/C18H27FN4O2.HI/c1-12(2)17(25)23-7-6-15(10-23)22-18(20-3)21-9-13-4-5-16(19)14(8-13)11-24;/h4-5,8,12,15,24H,6-7,9-11H2,1-3H3,(H2,20,21,22);1H. The van der Waals surface area contributed by atoms with Gasteiger partial charge in [0.15, 0.2) is 5.96 Å². The molecule has 1 amide bonds. The van der Waals surface area contributed by atoms with Crippen molar-refractivity contribution in [2.45, 2.75) is 39.5 Å². The van der Waals surface area contributed by atoms with Crippen LogP contribution in [0.3, 0.4) is 0 Å². The molecule has 1 aliphatic rings. The summed E-state index contributed by atoms with van der Waals surface area (Å²) in [5.74, 6) is 0.416. The molecule has 0 radical (unpaired) electrons. The van der Waals surface area contributed by atoms with Gasteiger partial charge in [-0.05, 0) is 24.1 Å². The first kappa shape index (κ1) is 22.6. The number of carbonyl (C=O) groups excluding carboxylic acids is 1. The summed E-state index contributed by atoms with van der Waals surface area (Å²) < 4.78 is 13.4. The number of rotatable bonds is 5. The summed E-state index contributed by atoms with van der Waals surface area (Å²) >= 11 is 0. The molecule has 1 unspecified atom stereocenters. The minimum Gasteiger partial charge on any atom is -0.392 e. The molecule has 0 aliphatic carbocycles. The lowest BCUT2D eigenvalue weighted by molar-refractivity contribution is -0.133. The second kappa shape index (κ2) is 10.7. The molecule has 1 heterocycles. The fraction of sp³-hybridized carbons (Fsp3) is 0.556. The fourth-order valence-corrected chi connectivity index (χ4v) is 2.88. The van der Waals surface area contributed by atoms with Gasteiger partial charge < -0.3 is 20.6 Å². The second-order valence-corrected chi connectivity index (χ2v) is 6.58. The monoisotopic (exact) mass is 478 g/mol. The van der Waals surface area contributed by atoms with Crippen LogP contribution in [0.15, 0.2) is 23.2 Å². The van der Waals surface area contributed by atoms with Crippen molar-refractivity contribution in [1.82, 2.24) is 15.5 Å². The van der Waals surface area contributed by atoms with Crippen LogP contribution in [0.25, 0.3) is 0 Å². The first-order chi connectivity index (χ1) is 11.9. The highest BCUT2D eigenvalue weighted by atomic mass is 127. The quantitative estimate of drug-likeness (QED) is 0.343. The Morgan fingerprint density at radius 2 is 2.19 bits per heavy atom. The van der Waals surface area contributed by atoms with Crippen molar-refractivity contribution in [3.8, 4) is 0 Å². The number of guanidine groups is 1. The van der Waals surface area contributed by atoms with Crippen LogP contribution in [0.5, 0.6) is 0 Å².